The standard InChI is InChI=1S/C12H9F3INO2/c1-2-19-10(18)5-8-7(6-17)3-4-9(11(8)16)12(13,14)15/h3-4H,2,5H2,1H3. The number of halogens is 4. The Kier molecular flexibility index (Phi) is 5.17. The summed E-state index contributed by atoms with van der Waals surface area (Å²) in [6.45, 7) is 1.73. The lowest BCUT2D eigenvalue weighted by Crippen LogP contribution is -2.14. The number of carbonyl (C=O) groups excluding carboxylic acids is 1. The van der Waals surface area contributed by atoms with Crippen molar-refractivity contribution in [2.45, 2.75) is 19.5 Å². The first-order valence-electron chi connectivity index (χ1n) is 5.25. The summed E-state index contributed by atoms with van der Waals surface area (Å²) in [5.41, 5.74) is -0.756. The summed E-state index contributed by atoms with van der Waals surface area (Å²) in [5, 5.41) is 8.89. The molecule has 1 rings (SSSR count). The molecule has 1 aromatic rings. The first-order chi connectivity index (χ1) is 8.81. The van der Waals surface area contributed by atoms with Crippen LogP contribution < -0.4 is 0 Å². The van der Waals surface area contributed by atoms with Crippen LogP contribution in [0.5, 0.6) is 0 Å². The third kappa shape index (κ3) is 3.83. The zero-order chi connectivity index (χ0) is 14.6. The number of alkyl halides is 3. The molecule has 0 bridgehead atoms. The molecule has 102 valence electrons. The van der Waals surface area contributed by atoms with Gasteiger partial charge in [-0.05, 0) is 47.2 Å². The maximum atomic E-state index is 12.7. The molecule has 0 saturated heterocycles. The molecule has 0 fully saturated rings. The molecule has 0 heterocycles. The van der Waals surface area contributed by atoms with Crippen LogP contribution in [0.4, 0.5) is 13.2 Å². The number of hydrogen-bond donors (Lipinski definition) is 0. The van der Waals surface area contributed by atoms with Gasteiger partial charge in [0.25, 0.3) is 0 Å². The minimum atomic E-state index is -4.52. The van der Waals surface area contributed by atoms with Gasteiger partial charge in [-0.15, -0.1) is 0 Å². The summed E-state index contributed by atoms with van der Waals surface area (Å²) >= 11 is 1.50. The van der Waals surface area contributed by atoms with E-state index in [-0.39, 0.29) is 27.7 Å². The van der Waals surface area contributed by atoms with Crippen molar-refractivity contribution in [1.29, 1.82) is 5.26 Å². The summed E-state index contributed by atoms with van der Waals surface area (Å²) in [5.74, 6) is -0.656. The van der Waals surface area contributed by atoms with E-state index in [1.165, 1.54) is 22.6 Å². The van der Waals surface area contributed by atoms with E-state index in [1.54, 1.807) is 13.0 Å². The fourth-order valence-electron chi connectivity index (χ4n) is 1.47. The Bertz CT molecular complexity index is 535. The van der Waals surface area contributed by atoms with Gasteiger partial charge in [0.05, 0.1) is 30.2 Å². The topological polar surface area (TPSA) is 50.1 Å². The monoisotopic (exact) mass is 383 g/mol. The lowest BCUT2D eigenvalue weighted by atomic mass is 10.0. The molecule has 0 aliphatic heterocycles. The maximum absolute atomic E-state index is 12.7. The highest BCUT2D eigenvalue weighted by molar-refractivity contribution is 14.1. The van der Waals surface area contributed by atoms with Crippen molar-refractivity contribution < 1.29 is 22.7 Å². The molecule has 0 aliphatic carbocycles. The zero-order valence-corrected chi connectivity index (χ0v) is 12.0. The number of carbonyl (C=O) groups is 1. The van der Waals surface area contributed by atoms with Crippen LogP contribution in [-0.2, 0) is 22.1 Å². The highest BCUT2D eigenvalue weighted by Gasteiger charge is 2.34. The highest BCUT2D eigenvalue weighted by Crippen LogP contribution is 2.35. The van der Waals surface area contributed by atoms with Crippen molar-refractivity contribution in [2.75, 3.05) is 6.61 Å². The Hall–Kier alpha value is -1.30. The second-order valence-electron chi connectivity index (χ2n) is 3.54. The van der Waals surface area contributed by atoms with Crippen molar-refractivity contribution in [3.05, 3.63) is 32.4 Å². The second kappa shape index (κ2) is 6.23. The molecule has 0 N–H and O–H groups in total. The van der Waals surface area contributed by atoms with Crippen molar-refractivity contribution >= 4 is 28.6 Å². The average molecular weight is 383 g/mol. The van der Waals surface area contributed by atoms with Crippen molar-refractivity contribution in [1.82, 2.24) is 0 Å². The summed E-state index contributed by atoms with van der Waals surface area (Å²) in [6, 6.07) is 3.69. The summed E-state index contributed by atoms with van der Waals surface area (Å²) < 4.78 is 42.8. The Morgan fingerprint density at radius 2 is 2.11 bits per heavy atom. The molecular formula is C12H9F3INO2. The smallest absolute Gasteiger partial charge is 0.417 e. The van der Waals surface area contributed by atoms with E-state index in [1.807, 2.05) is 0 Å². The molecule has 0 unspecified atom stereocenters. The highest BCUT2D eigenvalue weighted by atomic mass is 127. The van der Waals surface area contributed by atoms with Gasteiger partial charge < -0.3 is 4.74 Å². The third-order valence-corrected chi connectivity index (χ3v) is 3.53. The first kappa shape index (κ1) is 15.8. The molecule has 7 heteroatoms. The number of ether oxygens (including phenoxy) is 1. The fraction of sp³-hybridized carbons (Fsp3) is 0.333. The summed E-state index contributed by atoms with van der Waals surface area (Å²) in [4.78, 5) is 11.4. The number of esters is 1. The van der Waals surface area contributed by atoms with E-state index in [0.29, 0.717) is 0 Å². The molecule has 0 spiro atoms. The molecular weight excluding hydrogens is 374 g/mol. The number of benzene rings is 1. The van der Waals surface area contributed by atoms with Gasteiger partial charge >= 0.3 is 12.1 Å². The molecule has 19 heavy (non-hydrogen) atoms. The van der Waals surface area contributed by atoms with Gasteiger partial charge in [-0.25, -0.2) is 0 Å². The maximum Gasteiger partial charge on any atom is 0.417 e. The van der Waals surface area contributed by atoms with E-state index >= 15 is 0 Å². The fourth-order valence-corrected chi connectivity index (χ4v) is 2.44. The Labute approximate surface area is 121 Å². The zero-order valence-electron chi connectivity index (χ0n) is 9.84. The first-order valence-corrected chi connectivity index (χ1v) is 6.33. The van der Waals surface area contributed by atoms with Gasteiger partial charge in [-0.2, -0.15) is 18.4 Å². The van der Waals surface area contributed by atoms with Crippen LogP contribution >= 0.6 is 22.6 Å². The predicted molar refractivity (Wildman–Crippen MR) is 69.2 cm³/mol. The van der Waals surface area contributed by atoms with E-state index in [9.17, 15) is 18.0 Å². The number of hydrogen-bond acceptors (Lipinski definition) is 3. The van der Waals surface area contributed by atoms with Crippen LogP contribution in [-0.4, -0.2) is 12.6 Å². The van der Waals surface area contributed by atoms with Crippen LogP contribution in [0.25, 0.3) is 0 Å². The summed E-state index contributed by atoms with van der Waals surface area (Å²) in [6.07, 6.45) is -4.87. The van der Waals surface area contributed by atoms with E-state index in [4.69, 9.17) is 10.00 Å². The predicted octanol–water partition coefficient (Wildman–Crippen LogP) is 3.29. The third-order valence-electron chi connectivity index (χ3n) is 2.30. The van der Waals surface area contributed by atoms with Crippen LogP contribution in [0.15, 0.2) is 12.1 Å². The van der Waals surface area contributed by atoms with Gasteiger partial charge in [-0.1, -0.05) is 0 Å². The van der Waals surface area contributed by atoms with Crippen molar-refractivity contribution in [2.24, 2.45) is 0 Å². The molecule has 0 saturated carbocycles. The second-order valence-corrected chi connectivity index (χ2v) is 4.62. The average Bonchev–Trinajstić information content (AvgIpc) is 2.30. The van der Waals surface area contributed by atoms with Crippen molar-refractivity contribution in [3.63, 3.8) is 0 Å². The van der Waals surface area contributed by atoms with Crippen LogP contribution in [0.2, 0.25) is 0 Å². The largest absolute Gasteiger partial charge is 0.466 e. The normalized spacial score (nSPS) is 10.9. The molecule has 3 nitrogen and oxygen atoms in total. The van der Waals surface area contributed by atoms with Crippen LogP contribution in [0, 0.1) is 14.9 Å². The van der Waals surface area contributed by atoms with Crippen molar-refractivity contribution in [3.8, 4) is 6.07 Å². The number of nitriles is 1. The lowest BCUT2D eigenvalue weighted by molar-refractivity contribution is -0.143. The van der Waals surface area contributed by atoms with Gasteiger partial charge in [0.1, 0.15) is 0 Å². The van der Waals surface area contributed by atoms with E-state index < -0.39 is 17.7 Å². The van der Waals surface area contributed by atoms with Gasteiger partial charge in [-0.3, -0.25) is 4.79 Å². The molecule has 0 radical (unpaired) electrons. The van der Waals surface area contributed by atoms with Gasteiger partial charge in [0, 0.05) is 3.57 Å². The Morgan fingerprint density at radius 1 is 1.47 bits per heavy atom. The van der Waals surface area contributed by atoms with Gasteiger partial charge in [0.2, 0.25) is 0 Å². The van der Waals surface area contributed by atoms with Gasteiger partial charge in [0.15, 0.2) is 0 Å². The van der Waals surface area contributed by atoms with E-state index in [2.05, 4.69) is 0 Å². The summed E-state index contributed by atoms with van der Waals surface area (Å²) in [7, 11) is 0. The quantitative estimate of drug-likeness (QED) is 0.595. The van der Waals surface area contributed by atoms with Crippen LogP contribution in [0.3, 0.4) is 0 Å². The lowest BCUT2D eigenvalue weighted by Gasteiger charge is -2.13. The Morgan fingerprint density at radius 3 is 2.58 bits per heavy atom. The SMILES string of the molecule is CCOC(=O)Cc1c(C#N)ccc(C(F)(F)F)c1I. The Balaban J connectivity index is 3.28. The minimum absolute atomic E-state index is 0.0467. The minimum Gasteiger partial charge on any atom is -0.466 e. The molecule has 0 atom stereocenters. The number of rotatable bonds is 3. The number of nitrogens with zero attached hydrogens (tertiary/aromatic N) is 1. The molecule has 1 aromatic carbocycles. The van der Waals surface area contributed by atoms with Crippen LogP contribution in [0.1, 0.15) is 23.6 Å². The molecule has 0 aromatic heterocycles. The van der Waals surface area contributed by atoms with E-state index in [0.717, 1.165) is 12.1 Å². The molecule has 0 aliphatic rings. The molecule has 0 amide bonds.